The Hall–Kier alpha value is -0.870. The molecule has 2 heterocycles. The molecule has 0 spiro atoms. The zero-order valence-corrected chi connectivity index (χ0v) is 12.3. The molecule has 18 heavy (non-hydrogen) atoms. The van der Waals surface area contributed by atoms with Crippen LogP contribution in [0.5, 0.6) is 0 Å². The highest BCUT2D eigenvalue weighted by Crippen LogP contribution is 2.31. The third-order valence-corrected chi connectivity index (χ3v) is 4.45. The minimum Gasteiger partial charge on any atom is -0.328 e. The summed E-state index contributed by atoms with van der Waals surface area (Å²) in [4.78, 5) is 2.57. The molecule has 1 aliphatic heterocycles. The highest BCUT2D eigenvalue weighted by Gasteiger charge is 2.30. The number of nitrogens with two attached hydrogens (primary N) is 1. The fraction of sp³-hybridized carbons (Fsp3) is 0.786. The fourth-order valence-electron chi connectivity index (χ4n) is 3.36. The fourth-order valence-corrected chi connectivity index (χ4v) is 3.36. The van der Waals surface area contributed by atoms with Crippen molar-refractivity contribution < 1.29 is 0 Å². The number of aryl methyl sites for hydroxylation is 2. The standard InChI is InChI=1S/C14H26N4/c1-9-8-13(15)6-7-18(9)12(4)14-10(2)16-17(5)11(14)3/h9,12-13H,6-8,15H2,1-5H3. The van der Waals surface area contributed by atoms with Gasteiger partial charge in [0, 0.05) is 43.0 Å². The summed E-state index contributed by atoms with van der Waals surface area (Å²) in [6, 6.07) is 1.36. The summed E-state index contributed by atoms with van der Waals surface area (Å²) in [6.45, 7) is 9.95. The van der Waals surface area contributed by atoms with Crippen LogP contribution in [0.15, 0.2) is 0 Å². The van der Waals surface area contributed by atoms with Gasteiger partial charge in [-0.25, -0.2) is 0 Å². The first-order chi connectivity index (χ1) is 8.41. The summed E-state index contributed by atoms with van der Waals surface area (Å²) in [5.41, 5.74) is 9.87. The Morgan fingerprint density at radius 1 is 1.39 bits per heavy atom. The molecule has 0 bridgehead atoms. The van der Waals surface area contributed by atoms with E-state index in [0.29, 0.717) is 18.1 Å². The van der Waals surface area contributed by atoms with Crippen LogP contribution in [-0.4, -0.2) is 33.3 Å². The van der Waals surface area contributed by atoms with Crippen molar-refractivity contribution in [2.24, 2.45) is 12.8 Å². The Morgan fingerprint density at radius 3 is 2.56 bits per heavy atom. The largest absolute Gasteiger partial charge is 0.328 e. The maximum absolute atomic E-state index is 6.05. The molecule has 2 rings (SSSR count). The quantitative estimate of drug-likeness (QED) is 0.872. The maximum atomic E-state index is 6.05. The van der Waals surface area contributed by atoms with E-state index in [-0.39, 0.29) is 0 Å². The van der Waals surface area contributed by atoms with Gasteiger partial charge < -0.3 is 5.73 Å². The summed E-state index contributed by atoms with van der Waals surface area (Å²) in [6.07, 6.45) is 2.20. The van der Waals surface area contributed by atoms with Gasteiger partial charge in [-0.05, 0) is 40.5 Å². The van der Waals surface area contributed by atoms with Crippen LogP contribution in [-0.2, 0) is 7.05 Å². The molecular weight excluding hydrogens is 224 g/mol. The SMILES string of the molecule is Cc1nn(C)c(C)c1C(C)N1CCC(N)CC1C. The van der Waals surface area contributed by atoms with E-state index < -0.39 is 0 Å². The van der Waals surface area contributed by atoms with Crippen LogP contribution in [0.25, 0.3) is 0 Å². The molecular formula is C14H26N4. The van der Waals surface area contributed by atoms with Crippen molar-refractivity contribution in [2.75, 3.05) is 6.54 Å². The first kappa shape index (κ1) is 13.6. The van der Waals surface area contributed by atoms with Gasteiger partial charge in [0.05, 0.1) is 5.69 Å². The average Bonchev–Trinajstić information content (AvgIpc) is 2.52. The minimum absolute atomic E-state index is 0.375. The number of piperidine rings is 1. The lowest BCUT2D eigenvalue weighted by atomic mass is 9.94. The van der Waals surface area contributed by atoms with E-state index in [9.17, 15) is 0 Å². The van der Waals surface area contributed by atoms with E-state index >= 15 is 0 Å². The van der Waals surface area contributed by atoms with E-state index in [4.69, 9.17) is 5.73 Å². The number of nitrogens with zero attached hydrogens (tertiary/aromatic N) is 3. The monoisotopic (exact) mass is 250 g/mol. The maximum Gasteiger partial charge on any atom is 0.0644 e. The van der Waals surface area contributed by atoms with Crippen molar-refractivity contribution in [1.29, 1.82) is 0 Å². The van der Waals surface area contributed by atoms with Crippen molar-refractivity contribution in [3.63, 3.8) is 0 Å². The van der Waals surface area contributed by atoms with Crippen LogP contribution in [0, 0.1) is 13.8 Å². The number of hydrogen-bond donors (Lipinski definition) is 1. The van der Waals surface area contributed by atoms with E-state index in [1.807, 2.05) is 11.7 Å². The Bertz CT molecular complexity index is 424. The van der Waals surface area contributed by atoms with Gasteiger partial charge in [0.15, 0.2) is 0 Å². The predicted molar refractivity (Wildman–Crippen MR) is 74.5 cm³/mol. The van der Waals surface area contributed by atoms with Gasteiger partial charge in [0.2, 0.25) is 0 Å². The van der Waals surface area contributed by atoms with Gasteiger partial charge in [-0.2, -0.15) is 5.10 Å². The number of aromatic nitrogens is 2. The molecule has 1 saturated heterocycles. The second kappa shape index (κ2) is 5.02. The van der Waals surface area contributed by atoms with Crippen LogP contribution in [0.3, 0.4) is 0 Å². The van der Waals surface area contributed by atoms with Crippen LogP contribution >= 0.6 is 0 Å². The third-order valence-electron chi connectivity index (χ3n) is 4.45. The molecule has 1 aromatic heterocycles. The average molecular weight is 250 g/mol. The molecule has 0 radical (unpaired) electrons. The number of likely N-dealkylation sites (tertiary alicyclic amines) is 1. The molecule has 1 aliphatic rings. The first-order valence-corrected chi connectivity index (χ1v) is 6.93. The van der Waals surface area contributed by atoms with Crippen LogP contribution in [0.1, 0.15) is 49.7 Å². The van der Waals surface area contributed by atoms with Gasteiger partial charge in [0.25, 0.3) is 0 Å². The zero-order chi connectivity index (χ0) is 13.4. The van der Waals surface area contributed by atoms with Crippen LogP contribution < -0.4 is 5.73 Å². The van der Waals surface area contributed by atoms with Crippen molar-refractivity contribution in [1.82, 2.24) is 14.7 Å². The summed E-state index contributed by atoms with van der Waals surface area (Å²) in [7, 11) is 2.02. The van der Waals surface area contributed by atoms with Gasteiger partial charge in [-0.15, -0.1) is 0 Å². The van der Waals surface area contributed by atoms with Gasteiger partial charge in [-0.1, -0.05) is 0 Å². The molecule has 4 heteroatoms. The Morgan fingerprint density at radius 2 is 2.06 bits per heavy atom. The molecule has 3 unspecified atom stereocenters. The second-order valence-electron chi connectivity index (χ2n) is 5.76. The third kappa shape index (κ3) is 2.31. The molecule has 4 nitrogen and oxygen atoms in total. The first-order valence-electron chi connectivity index (χ1n) is 6.93. The van der Waals surface area contributed by atoms with Gasteiger partial charge in [0.1, 0.15) is 0 Å². The molecule has 1 aromatic rings. The van der Waals surface area contributed by atoms with Crippen molar-refractivity contribution >= 4 is 0 Å². The van der Waals surface area contributed by atoms with E-state index in [2.05, 4.69) is 37.7 Å². The van der Waals surface area contributed by atoms with Crippen LogP contribution in [0.4, 0.5) is 0 Å². The molecule has 0 aliphatic carbocycles. The molecule has 0 saturated carbocycles. The molecule has 3 atom stereocenters. The smallest absolute Gasteiger partial charge is 0.0644 e. The summed E-state index contributed by atoms with van der Waals surface area (Å²) in [5.74, 6) is 0. The van der Waals surface area contributed by atoms with E-state index in [1.54, 1.807) is 0 Å². The zero-order valence-electron chi connectivity index (χ0n) is 12.3. The number of hydrogen-bond acceptors (Lipinski definition) is 3. The second-order valence-corrected chi connectivity index (χ2v) is 5.76. The Kier molecular flexibility index (Phi) is 3.78. The van der Waals surface area contributed by atoms with E-state index in [0.717, 1.165) is 25.1 Å². The van der Waals surface area contributed by atoms with Crippen LogP contribution in [0.2, 0.25) is 0 Å². The Balaban J connectivity index is 2.23. The lowest BCUT2D eigenvalue weighted by Crippen LogP contribution is -2.46. The predicted octanol–water partition coefficient (Wildman–Crippen LogP) is 1.91. The molecule has 0 aromatic carbocycles. The lowest BCUT2D eigenvalue weighted by molar-refractivity contribution is 0.104. The number of rotatable bonds is 2. The van der Waals surface area contributed by atoms with Crippen molar-refractivity contribution in [3.8, 4) is 0 Å². The summed E-state index contributed by atoms with van der Waals surface area (Å²) >= 11 is 0. The summed E-state index contributed by atoms with van der Waals surface area (Å²) < 4.78 is 1.99. The highest BCUT2D eigenvalue weighted by molar-refractivity contribution is 5.28. The molecule has 1 fully saturated rings. The molecule has 0 amide bonds. The van der Waals surface area contributed by atoms with Gasteiger partial charge >= 0.3 is 0 Å². The Labute approximate surface area is 110 Å². The lowest BCUT2D eigenvalue weighted by Gasteiger charge is -2.40. The topological polar surface area (TPSA) is 47.1 Å². The van der Waals surface area contributed by atoms with Crippen molar-refractivity contribution in [3.05, 3.63) is 17.0 Å². The molecule has 2 N–H and O–H groups in total. The molecule has 102 valence electrons. The highest BCUT2D eigenvalue weighted by atomic mass is 15.3. The van der Waals surface area contributed by atoms with Crippen molar-refractivity contribution in [2.45, 2.75) is 58.7 Å². The summed E-state index contributed by atoms with van der Waals surface area (Å²) in [5, 5.41) is 4.53. The van der Waals surface area contributed by atoms with Gasteiger partial charge in [-0.3, -0.25) is 9.58 Å². The van der Waals surface area contributed by atoms with E-state index in [1.165, 1.54) is 11.3 Å². The normalized spacial score (nSPS) is 27.4. The minimum atomic E-state index is 0.375.